The predicted molar refractivity (Wildman–Crippen MR) is 75.8 cm³/mol. The number of carbonyl (C=O) groups excluding carboxylic acids is 1. The molecule has 1 fully saturated rings. The van der Waals surface area contributed by atoms with Gasteiger partial charge in [0.25, 0.3) is 0 Å². The quantitative estimate of drug-likeness (QED) is 0.775. The van der Waals surface area contributed by atoms with Gasteiger partial charge in [0, 0.05) is 17.0 Å². The first-order valence-electron chi connectivity index (χ1n) is 6.35. The van der Waals surface area contributed by atoms with Crippen molar-refractivity contribution >= 4 is 17.7 Å². The molecule has 0 heterocycles. The Morgan fingerprint density at radius 3 is 2.61 bits per heavy atom. The highest BCUT2D eigenvalue weighted by Gasteiger charge is 2.23. The van der Waals surface area contributed by atoms with Gasteiger partial charge in [-0.15, -0.1) is 11.8 Å². The fraction of sp³-hybridized carbons (Fsp3) is 0.500. The summed E-state index contributed by atoms with van der Waals surface area (Å²) in [7, 11) is 0. The summed E-state index contributed by atoms with van der Waals surface area (Å²) >= 11 is 1.74. The van der Waals surface area contributed by atoms with Gasteiger partial charge in [0.05, 0.1) is 6.54 Å². The molecule has 0 spiro atoms. The molecule has 2 rings (SSSR count). The largest absolute Gasteiger partial charge is 0.352 e. The van der Waals surface area contributed by atoms with Gasteiger partial charge < -0.3 is 10.6 Å². The van der Waals surface area contributed by atoms with Gasteiger partial charge in [-0.2, -0.15) is 0 Å². The van der Waals surface area contributed by atoms with E-state index in [1.807, 2.05) is 0 Å². The summed E-state index contributed by atoms with van der Waals surface area (Å²) in [5, 5.41) is 6.22. The summed E-state index contributed by atoms with van der Waals surface area (Å²) in [5.74, 6) is 0.102. The van der Waals surface area contributed by atoms with Crippen molar-refractivity contribution in [3.63, 3.8) is 0 Å². The molecular weight excluding hydrogens is 244 g/mol. The van der Waals surface area contributed by atoms with Crippen molar-refractivity contribution in [3.05, 3.63) is 29.8 Å². The number of amides is 1. The molecule has 98 valence electrons. The fourth-order valence-electron chi connectivity index (χ4n) is 1.76. The molecule has 0 radical (unpaired) electrons. The summed E-state index contributed by atoms with van der Waals surface area (Å²) in [6.07, 6.45) is 4.34. The van der Waals surface area contributed by atoms with Crippen LogP contribution in [0.3, 0.4) is 0 Å². The van der Waals surface area contributed by atoms with Crippen LogP contribution in [0.25, 0.3) is 0 Å². The second-order valence-electron chi connectivity index (χ2n) is 4.72. The standard InChI is InChI=1S/C14H20N2OS/c1-10(11-3-7-13(18-2)8-4-11)15-9-14(17)16-12-5-6-12/h3-4,7-8,10,12,15H,5-6,9H2,1-2H3,(H,16,17). The van der Waals surface area contributed by atoms with Gasteiger partial charge in [0.15, 0.2) is 0 Å². The highest BCUT2D eigenvalue weighted by molar-refractivity contribution is 7.98. The zero-order chi connectivity index (χ0) is 13.0. The first-order valence-corrected chi connectivity index (χ1v) is 7.58. The Balaban J connectivity index is 1.78. The molecule has 0 saturated heterocycles. The Hall–Kier alpha value is -1.00. The average molecular weight is 264 g/mol. The summed E-state index contributed by atoms with van der Waals surface area (Å²) in [5.41, 5.74) is 1.21. The van der Waals surface area contributed by atoms with Gasteiger partial charge in [-0.3, -0.25) is 4.79 Å². The molecule has 1 aromatic rings. The van der Waals surface area contributed by atoms with Crippen molar-refractivity contribution in [3.8, 4) is 0 Å². The molecule has 1 saturated carbocycles. The summed E-state index contributed by atoms with van der Waals surface area (Å²) in [6, 6.07) is 9.09. The number of hydrogen-bond donors (Lipinski definition) is 2. The van der Waals surface area contributed by atoms with Crippen LogP contribution >= 0.6 is 11.8 Å². The van der Waals surface area contributed by atoms with Crippen molar-refractivity contribution in [2.24, 2.45) is 0 Å². The number of benzene rings is 1. The third-order valence-corrected chi connectivity index (χ3v) is 3.87. The lowest BCUT2D eigenvalue weighted by atomic mass is 10.1. The van der Waals surface area contributed by atoms with Crippen molar-refractivity contribution in [1.29, 1.82) is 0 Å². The number of carbonyl (C=O) groups is 1. The Morgan fingerprint density at radius 2 is 2.06 bits per heavy atom. The number of nitrogens with one attached hydrogen (secondary N) is 2. The third kappa shape index (κ3) is 4.03. The van der Waals surface area contributed by atoms with Crippen molar-refractivity contribution in [1.82, 2.24) is 10.6 Å². The van der Waals surface area contributed by atoms with E-state index in [1.54, 1.807) is 11.8 Å². The van der Waals surface area contributed by atoms with Gasteiger partial charge >= 0.3 is 0 Å². The van der Waals surface area contributed by atoms with E-state index in [2.05, 4.69) is 48.1 Å². The molecular formula is C14H20N2OS. The number of thioether (sulfide) groups is 1. The molecule has 1 aromatic carbocycles. The van der Waals surface area contributed by atoms with Crippen LogP contribution in [0.5, 0.6) is 0 Å². The third-order valence-electron chi connectivity index (χ3n) is 3.13. The van der Waals surface area contributed by atoms with Gasteiger partial charge in [-0.25, -0.2) is 0 Å². The SMILES string of the molecule is CSc1ccc(C(C)NCC(=O)NC2CC2)cc1. The molecule has 0 aromatic heterocycles. The fourth-order valence-corrected chi connectivity index (χ4v) is 2.17. The molecule has 1 unspecified atom stereocenters. The topological polar surface area (TPSA) is 41.1 Å². The van der Waals surface area contributed by atoms with Crippen LogP contribution in [0.1, 0.15) is 31.4 Å². The van der Waals surface area contributed by atoms with Crippen LogP contribution in [0, 0.1) is 0 Å². The van der Waals surface area contributed by atoms with Crippen LogP contribution in [0.2, 0.25) is 0 Å². The highest BCUT2D eigenvalue weighted by Crippen LogP contribution is 2.19. The molecule has 0 aliphatic heterocycles. The molecule has 18 heavy (non-hydrogen) atoms. The molecule has 1 aliphatic carbocycles. The van der Waals surface area contributed by atoms with Crippen LogP contribution < -0.4 is 10.6 Å². The van der Waals surface area contributed by atoms with Gasteiger partial charge in [0.1, 0.15) is 0 Å². The summed E-state index contributed by atoms with van der Waals surface area (Å²) < 4.78 is 0. The van der Waals surface area contributed by atoms with Crippen molar-refractivity contribution < 1.29 is 4.79 Å². The zero-order valence-electron chi connectivity index (χ0n) is 10.9. The monoisotopic (exact) mass is 264 g/mol. The first kappa shape index (κ1) is 13.4. The van der Waals surface area contributed by atoms with E-state index in [0.29, 0.717) is 12.6 Å². The minimum absolute atomic E-state index is 0.102. The second-order valence-corrected chi connectivity index (χ2v) is 5.60. The van der Waals surface area contributed by atoms with Crippen LogP contribution in [-0.4, -0.2) is 24.7 Å². The highest BCUT2D eigenvalue weighted by atomic mass is 32.2. The maximum absolute atomic E-state index is 11.6. The van der Waals surface area contributed by atoms with Gasteiger partial charge in [-0.05, 0) is 43.7 Å². The second kappa shape index (κ2) is 6.25. The Morgan fingerprint density at radius 1 is 1.39 bits per heavy atom. The Kier molecular flexibility index (Phi) is 4.66. The number of rotatable bonds is 6. The van der Waals surface area contributed by atoms with E-state index < -0.39 is 0 Å². The Bertz CT molecular complexity index is 401. The normalized spacial score (nSPS) is 16.3. The molecule has 3 nitrogen and oxygen atoms in total. The van der Waals surface area contributed by atoms with E-state index in [1.165, 1.54) is 10.5 Å². The van der Waals surface area contributed by atoms with E-state index in [9.17, 15) is 4.79 Å². The molecule has 0 bridgehead atoms. The average Bonchev–Trinajstić information content (AvgIpc) is 3.20. The van der Waals surface area contributed by atoms with E-state index in [0.717, 1.165) is 12.8 Å². The molecule has 1 atom stereocenters. The smallest absolute Gasteiger partial charge is 0.234 e. The van der Waals surface area contributed by atoms with Crippen molar-refractivity contribution in [2.75, 3.05) is 12.8 Å². The molecule has 1 amide bonds. The minimum Gasteiger partial charge on any atom is -0.352 e. The van der Waals surface area contributed by atoms with E-state index in [4.69, 9.17) is 0 Å². The van der Waals surface area contributed by atoms with Gasteiger partial charge in [-0.1, -0.05) is 12.1 Å². The first-order chi connectivity index (χ1) is 8.69. The van der Waals surface area contributed by atoms with E-state index >= 15 is 0 Å². The Labute approximate surface area is 113 Å². The number of hydrogen-bond acceptors (Lipinski definition) is 3. The molecule has 2 N–H and O–H groups in total. The molecule has 1 aliphatic rings. The maximum atomic E-state index is 11.6. The molecule has 4 heteroatoms. The lowest BCUT2D eigenvalue weighted by Gasteiger charge is -2.14. The predicted octanol–water partition coefficient (Wildman–Crippen LogP) is 2.34. The van der Waals surface area contributed by atoms with E-state index in [-0.39, 0.29) is 11.9 Å². The van der Waals surface area contributed by atoms with Crippen LogP contribution in [-0.2, 0) is 4.79 Å². The lowest BCUT2D eigenvalue weighted by Crippen LogP contribution is -2.36. The van der Waals surface area contributed by atoms with Crippen LogP contribution in [0.4, 0.5) is 0 Å². The summed E-state index contributed by atoms with van der Waals surface area (Å²) in [4.78, 5) is 12.8. The van der Waals surface area contributed by atoms with Gasteiger partial charge in [0.2, 0.25) is 5.91 Å². The summed E-state index contributed by atoms with van der Waals surface area (Å²) in [6.45, 7) is 2.47. The van der Waals surface area contributed by atoms with Crippen LogP contribution in [0.15, 0.2) is 29.2 Å². The van der Waals surface area contributed by atoms with Crippen molar-refractivity contribution in [2.45, 2.75) is 36.7 Å². The zero-order valence-corrected chi connectivity index (χ0v) is 11.7. The minimum atomic E-state index is 0.102. The lowest BCUT2D eigenvalue weighted by molar-refractivity contribution is -0.120. The maximum Gasteiger partial charge on any atom is 0.234 e.